The molecule has 0 aromatic heterocycles. The van der Waals surface area contributed by atoms with E-state index in [-0.39, 0.29) is 0 Å². The molecule has 13 heavy (non-hydrogen) atoms. The van der Waals surface area contributed by atoms with Crippen LogP contribution in [0, 0.1) is 0 Å². The molecule has 2 nitrogen and oxygen atoms in total. The molecule has 0 aliphatic rings. The van der Waals surface area contributed by atoms with Gasteiger partial charge in [-0.05, 0) is 0 Å². The van der Waals surface area contributed by atoms with Crippen molar-refractivity contribution in [2.45, 2.75) is 9.93 Å². The molecule has 0 aliphatic carbocycles. The summed E-state index contributed by atoms with van der Waals surface area (Å²) in [6.45, 7) is 0. The van der Waals surface area contributed by atoms with E-state index in [1.807, 2.05) is 0 Å². The van der Waals surface area contributed by atoms with Gasteiger partial charge in [-0.15, -0.1) is 0 Å². The molecule has 0 saturated heterocycles. The summed E-state index contributed by atoms with van der Waals surface area (Å²) in [5.41, 5.74) is 0. The Morgan fingerprint density at radius 2 is 1.23 bits per heavy atom. The Bertz CT molecular complexity index is 149. The van der Waals surface area contributed by atoms with Gasteiger partial charge in [-0.2, -0.15) is 0 Å². The normalized spacial score (nSPS) is 14.3. The molecule has 0 heterocycles. The van der Waals surface area contributed by atoms with Crippen LogP contribution in [-0.4, -0.2) is 43.9 Å². The molecule has 0 saturated carbocycles. The van der Waals surface area contributed by atoms with Crippen molar-refractivity contribution in [3.8, 4) is 0 Å². The average Bonchev–Trinajstić information content (AvgIpc) is 1.77. The van der Waals surface area contributed by atoms with Gasteiger partial charge in [0, 0.05) is 0 Å². The SMILES string of the molecule is CN(C)N[As](C(F)(F)F)C(F)(F)F. The first-order valence-corrected chi connectivity index (χ1v) is 5.74. The van der Waals surface area contributed by atoms with E-state index in [0.717, 1.165) is 14.1 Å². The third kappa shape index (κ3) is 4.73. The second-order valence-electron chi connectivity index (χ2n) is 2.27. The summed E-state index contributed by atoms with van der Waals surface area (Å²) in [5.74, 6) is 0. The van der Waals surface area contributed by atoms with E-state index in [0.29, 0.717) is 5.01 Å². The zero-order valence-corrected chi connectivity index (χ0v) is 8.54. The first-order valence-electron chi connectivity index (χ1n) is 2.92. The first-order chi connectivity index (χ1) is 5.55. The summed E-state index contributed by atoms with van der Waals surface area (Å²) < 4.78 is 72.4. The van der Waals surface area contributed by atoms with Crippen LogP contribution in [0.4, 0.5) is 26.3 Å². The van der Waals surface area contributed by atoms with Gasteiger partial charge in [0.15, 0.2) is 0 Å². The van der Waals surface area contributed by atoms with Crippen LogP contribution in [0.15, 0.2) is 0 Å². The summed E-state index contributed by atoms with van der Waals surface area (Å²) in [6, 6.07) is 0. The predicted octanol–water partition coefficient (Wildman–Crippen LogP) is 1.25. The van der Waals surface area contributed by atoms with E-state index in [2.05, 4.69) is 0 Å². The van der Waals surface area contributed by atoms with E-state index in [9.17, 15) is 26.3 Å². The van der Waals surface area contributed by atoms with Gasteiger partial charge in [-0.25, -0.2) is 0 Å². The second-order valence-corrected chi connectivity index (χ2v) is 6.22. The van der Waals surface area contributed by atoms with Crippen molar-refractivity contribution in [2.24, 2.45) is 0 Å². The summed E-state index contributed by atoms with van der Waals surface area (Å²) in [6.07, 6.45) is 0. The monoisotopic (exact) mass is 272 g/mol. The molecule has 0 aromatic carbocycles. The molecule has 9 heteroatoms. The van der Waals surface area contributed by atoms with Crippen LogP contribution in [0.3, 0.4) is 0 Å². The van der Waals surface area contributed by atoms with E-state index in [1.165, 1.54) is 4.34 Å². The maximum atomic E-state index is 11.8. The molecule has 0 radical (unpaired) electrons. The summed E-state index contributed by atoms with van der Waals surface area (Å²) >= 11 is -5.07. The fraction of sp³-hybridized carbons (Fsp3) is 1.00. The molecule has 0 bridgehead atoms. The third-order valence-corrected chi connectivity index (χ3v) is 4.19. The van der Waals surface area contributed by atoms with Crippen LogP contribution in [0.5, 0.6) is 0 Å². The minimum absolute atomic E-state index is 0.668. The fourth-order valence-corrected chi connectivity index (χ4v) is 2.38. The molecule has 0 fully saturated rings. The zero-order chi connectivity index (χ0) is 10.9. The molecular formula is C4H7AsF6N2. The van der Waals surface area contributed by atoms with Gasteiger partial charge in [0.25, 0.3) is 0 Å². The molecule has 0 unspecified atom stereocenters. The first kappa shape index (κ1) is 13.1. The Hall–Kier alpha value is 0.0584. The number of rotatable bonds is 2. The van der Waals surface area contributed by atoms with Gasteiger partial charge in [-0.3, -0.25) is 0 Å². The number of alkyl halides is 6. The quantitative estimate of drug-likeness (QED) is 0.462. The minimum atomic E-state index is -5.20. The zero-order valence-electron chi connectivity index (χ0n) is 6.66. The molecule has 0 spiro atoms. The Morgan fingerprint density at radius 1 is 0.923 bits per heavy atom. The van der Waals surface area contributed by atoms with Crippen LogP contribution in [-0.2, 0) is 0 Å². The molecular weight excluding hydrogens is 265 g/mol. The maximum absolute atomic E-state index is 11.8. The summed E-state index contributed by atoms with van der Waals surface area (Å²) in [7, 11) is 2.17. The number of hydrogen-bond acceptors (Lipinski definition) is 2. The van der Waals surface area contributed by atoms with E-state index >= 15 is 0 Å². The number of hydrogen-bond donors (Lipinski definition) is 1. The summed E-state index contributed by atoms with van der Waals surface area (Å²) in [4.78, 5) is -10.4. The van der Waals surface area contributed by atoms with Crippen molar-refractivity contribution in [3.63, 3.8) is 0 Å². The molecule has 0 rings (SSSR count). The van der Waals surface area contributed by atoms with E-state index in [4.69, 9.17) is 0 Å². The van der Waals surface area contributed by atoms with Gasteiger partial charge in [0.2, 0.25) is 0 Å². The van der Waals surface area contributed by atoms with Crippen molar-refractivity contribution in [2.75, 3.05) is 14.1 Å². The molecule has 0 aliphatic heterocycles. The molecule has 1 N–H and O–H groups in total. The topological polar surface area (TPSA) is 15.3 Å². The van der Waals surface area contributed by atoms with Gasteiger partial charge in [-0.1, -0.05) is 0 Å². The Morgan fingerprint density at radius 3 is 1.31 bits per heavy atom. The van der Waals surface area contributed by atoms with Crippen LogP contribution in [0.2, 0.25) is 0 Å². The van der Waals surface area contributed by atoms with Crippen molar-refractivity contribution in [1.82, 2.24) is 9.35 Å². The average molecular weight is 272 g/mol. The third-order valence-electron chi connectivity index (χ3n) is 0.807. The van der Waals surface area contributed by atoms with E-state index in [1.54, 1.807) is 0 Å². The summed E-state index contributed by atoms with van der Waals surface area (Å²) in [5, 5.41) is 0.668. The molecule has 80 valence electrons. The Kier molecular flexibility index (Phi) is 4.08. The van der Waals surface area contributed by atoms with Crippen LogP contribution in [0.25, 0.3) is 0 Å². The number of nitrogens with zero attached hydrogens (tertiary/aromatic N) is 1. The van der Waals surface area contributed by atoms with Crippen molar-refractivity contribution >= 4 is 14.9 Å². The van der Waals surface area contributed by atoms with Gasteiger partial charge in [0.05, 0.1) is 0 Å². The number of hydrazine groups is 1. The molecule has 0 aromatic rings. The Balaban J connectivity index is 4.58. The Labute approximate surface area is 75.3 Å². The fourth-order valence-electron chi connectivity index (χ4n) is 0.457. The van der Waals surface area contributed by atoms with Gasteiger partial charge in [0.1, 0.15) is 0 Å². The van der Waals surface area contributed by atoms with Crippen LogP contribution >= 0.6 is 0 Å². The van der Waals surface area contributed by atoms with Crippen LogP contribution in [0.1, 0.15) is 0 Å². The van der Waals surface area contributed by atoms with Crippen molar-refractivity contribution in [3.05, 3.63) is 0 Å². The second kappa shape index (κ2) is 4.06. The van der Waals surface area contributed by atoms with E-state index < -0.39 is 24.8 Å². The van der Waals surface area contributed by atoms with Crippen LogP contribution < -0.4 is 4.34 Å². The predicted molar refractivity (Wildman–Crippen MR) is 34.7 cm³/mol. The number of nitrogens with one attached hydrogen (secondary N) is 1. The van der Waals surface area contributed by atoms with Crippen molar-refractivity contribution < 1.29 is 26.3 Å². The van der Waals surface area contributed by atoms with Gasteiger partial charge >= 0.3 is 74.6 Å². The molecule has 0 amide bonds. The molecule has 0 atom stereocenters. The number of halogens is 6. The standard InChI is InChI=1S/C4H7AsF6N2/c1-13(2)12-5(3(6,7)8)4(9,10)11/h12H,1-2H3. The van der Waals surface area contributed by atoms with Crippen molar-refractivity contribution in [1.29, 1.82) is 0 Å². The van der Waals surface area contributed by atoms with Gasteiger partial charge < -0.3 is 0 Å².